The van der Waals surface area contributed by atoms with Gasteiger partial charge in [0.2, 0.25) is 0 Å². The van der Waals surface area contributed by atoms with Crippen LogP contribution < -0.4 is 9.44 Å². The molecule has 16 heavy (non-hydrogen) atoms. The van der Waals surface area contributed by atoms with Crippen LogP contribution in [0.25, 0.3) is 0 Å². The predicted octanol–water partition coefficient (Wildman–Crippen LogP) is -0.872. The normalized spacial score (nSPS) is 11.0. The second-order valence-corrected chi connectivity index (χ2v) is 4.46. The van der Waals surface area contributed by atoms with Crippen LogP contribution in [0.15, 0.2) is 0 Å². The topological polar surface area (TPSA) is 111 Å². The van der Waals surface area contributed by atoms with Crippen molar-refractivity contribution in [1.82, 2.24) is 9.44 Å². The van der Waals surface area contributed by atoms with E-state index in [4.69, 9.17) is 0 Å². The SMILES string of the molecule is COC(=O)CNS(=O)(=O)NC(=O)OC(C)C. The number of nitrogens with one attached hydrogen (secondary N) is 2. The summed E-state index contributed by atoms with van der Waals surface area (Å²) in [6, 6.07) is 0. The number of hydrogen-bond donors (Lipinski definition) is 2. The number of methoxy groups -OCH3 is 1. The minimum Gasteiger partial charge on any atom is -0.468 e. The lowest BCUT2D eigenvalue weighted by molar-refractivity contribution is -0.139. The van der Waals surface area contributed by atoms with Crippen molar-refractivity contribution in [2.24, 2.45) is 0 Å². The van der Waals surface area contributed by atoms with Crippen molar-refractivity contribution in [3.05, 3.63) is 0 Å². The van der Waals surface area contributed by atoms with Gasteiger partial charge in [-0.2, -0.15) is 13.1 Å². The lowest BCUT2D eigenvalue weighted by atomic mass is 10.5. The maximum Gasteiger partial charge on any atom is 0.422 e. The molecule has 0 saturated carbocycles. The Morgan fingerprint density at radius 2 is 1.88 bits per heavy atom. The molecule has 0 atom stereocenters. The van der Waals surface area contributed by atoms with Gasteiger partial charge in [0, 0.05) is 0 Å². The molecule has 0 aliphatic heterocycles. The molecule has 0 aromatic carbocycles. The summed E-state index contributed by atoms with van der Waals surface area (Å²) in [6.45, 7) is 2.56. The van der Waals surface area contributed by atoms with Crippen molar-refractivity contribution >= 4 is 22.3 Å². The highest BCUT2D eigenvalue weighted by Crippen LogP contribution is 1.89. The highest BCUT2D eigenvalue weighted by Gasteiger charge is 2.17. The number of hydrogen-bond acceptors (Lipinski definition) is 6. The molecule has 9 heteroatoms. The van der Waals surface area contributed by atoms with Crippen LogP contribution >= 0.6 is 0 Å². The van der Waals surface area contributed by atoms with Gasteiger partial charge in [0.25, 0.3) is 0 Å². The largest absolute Gasteiger partial charge is 0.468 e. The second kappa shape index (κ2) is 6.28. The Bertz CT molecular complexity index is 350. The molecule has 0 spiro atoms. The van der Waals surface area contributed by atoms with Gasteiger partial charge in [-0.15, -0.1) is 0 Å². The first-order valence-electron chi connectivity index (χ1n) is 4.31. The summed E-state index contributed by atoms with van der Waals surface area (Å²) < 4.78 is 34.3. The molecule has 2 N–H and O–H groups in total. The fourth-order valence-corrected chi connectivity index (χ4v) is 1.26. The number of carbonyl (C=O) groups excluding carboxylic acids is 2. The number of ether oxygens (including phenoxy) is 2. The van der Waals surface area contributed by atoms with Crippen molar-refractivity contribution in [3.63, 3.8) is 0 Å². The molecule has 0 aliphatic rings. The molecule has 0 radical (unpaired) electrons. The minimum absolute atomic E-state index is 0.448. The smallest absolute Gasteiger partial charge is 0.422 e. The summed E-state index contributed by atoms with van der Waals surface area (Å²) >= 11 is 0. The molecule has 0 rings (SSSR count). The third-order valence-electron chi connectivity index (χ3n) is 1.19. The Morgan fingerprint density at radius 1 is 1.31 bits per heavy atom. The number of rotatable bonds is 5. The van der Waals surface area contributed by atoms with Crippen LogP contribution in [0.1, 0.15) is 13.8 Å². The maximum atomic E-state index is 11.1. The van der Waals surface area contributed by atoms with E-state index < -0.39 is 34.9 Å². The average Bonchev–Trinajstić information content (AvgIpc) is 2.11. The van der Waals surface area contributed by atoms with Gasteiger partial charge in [-0.05, 0) is 13.8 Å². The Morgan fingerprint density at radius 3 is 2.31 bits per heavy atom. The van der Waals surface area contributed by atoms with Gasteiger partial charge in [0.05, 0.1) is 13.2 Å². The highest BCUT2D eigenvalue weighted by atomic mass is 32.2. The molecule has 1 amide bonds. The molecule has 0 aliphatic carbocycles. The van der Waals surface area contributed by atoms with Crippen molar-refractivity contribution in [2.75, 3.05) is 13.7 Å². The summed E-state index contributed by atoms with van der Waals surface area (Å²) in [5.41, 5.74) is 0. The fourth-order valence-electron chi connectivity index (χ4n) is 0.610. The molecule has 0 unspecified atom stereocenters. The molecule has 0 saturated heterocycles. The Kier molecular flexibility index (Phi) is 5.75. The number of amides is 1. The van der Waals surface area contributed by atoms with Gasteiger partial charge in [0.15, 0.2) is 0 Å². The van der Waals surface area contributed by atoms with Crippen LogP contribution in [-0.4, -0.2) is 40.2 Å². The van der Waals surface area contributed by atoms with Crippen molar-refractivity contribution < 1.29 is 27.5 Å². The lowest BCUT2D eigenvalue weighted by Gasteiger charge is -2.10. The highest BCUT2D eigenvalue weighted by molar-refractivity contribution is 7.88. The van der Waals surface area contributed by atoms with Crippen LogP contribution in [0.3, 0.4) is 0 Å². The summed E-state index contributed by atoms with van der Waals surface area (Å²) in [6.07, 6.45) is -1.57. The van der Waals surface area contributed by atoms with Gasteiger partial charge in [-0.1, -0.05) is 0 Å². The van der Waals surface area contributed by atoms with E-state index in [0.29, 0.717) is 0 Å². The first-order chi connectivity index (χ1) is 7.26. The van der Waals surface area contributed by atoms with Crippen molar-refractivity contribution in [2.45, 2.75) is 20.0 Å². The second-order valence-electron chi connectivity index (χ2n) is 2.96. The van der Waals surface area contributed by atoms with Gasteiger partial charge in [0.1, 0.15) is 6.54 Å². The fraction of sp³-hybridized carbons (Fsp3) is 0.714. The van der Waals surface area contributed by atoms with Gasteiger partial charge >= 0.3 is 22.3 Å². The van der Waals surface area contributed by atoms with Crippen molar-refractivity contribution in [1.29, 1.82) is 0 Å². The van der Waals surface area contributed by atoms with E-state index in [9.17, 15) is 18.0 Å². The first-order valence-corrected chi connectivity index (χ1v) is 5.80. The Hall–Kier alpha value is -1.35. The van der Waals surface area contributed by atoms with E-state index in [1.165, 1.54) is 0 Å². The van der Waals surface area contributed by atoms with E-state index in [2.05, 4.69) is 9.47 Å². The third kappa shape index (κ3) is 7.01. The molecule has 8 nitrogen and oxygen atoms in total. The summed E-state index contributed by atoms with van der Waals surface area (Å²) in [4.78, 5) is 21.5. The summed E-state index contributed by atoms with van der Waals surface area (Å²) in [5.74, 6) is -0.775. The van der Waals surface area contributed by atoms with E-state index in [1.807, 2.05) is 0 Å². The van der Waals surface area contributed by atoms with Gasteiger partial charge < -0.3 is 9.47 Å². The molecule has 0 bridgehead atoms. The molecule has 0 aromatic rings. The summed E-state index contributed by atoms with van der Waals surface area (Å²) in [5, 5.41) is 0. The Labute approximate surface area is 93.5 Å². The molecule has 0 aromatic heterocycles. The molecule has 0 heterocycles. The van der Waals surface area contributed by atoms with Crippen LogP contribution in [-0.2, 0) is 24.5 Å². The van der Waals surface area contributed by atoms with Crippen molar-refractivity contribution in [3.8, 4) is 0 Å². The predicted molar refractivity (Wildman–Crippen MR) is 53.7 cm³/mol. The number of carbonyl (C=O) groups is 2. The molecule has 94 valence electrons. The third-order valence-corrected chi connectivity index (χ3v) is 2.15. The minimum atomic E-state index is -4.11. The summed E-state index contributed by atoms with van der Waals surface area (Å²) in [7, 11) is -3.00. The van der Waals surface area contributed by atoms with E-state index in [-0.39, 0.29) is 0 Å². The molecular weight excluding hydrogens is 240 g/mol. The standard InChI is InChI=1S/C7H14N2O6S/c1-5(2)15-7(11)9-16(12,13)8-4-6(10)14-3/h5,8H,4H2,1-3H3,(H,9,11). The first kappa shape index (κ1) is 14.6. The maximum absolute atomic E-state index is 11.1. The van der Waals surface area contributed by atoms with Gasteiger partial charge in [-0.25, -0.2) is 9.52 Å². The lowest BCUT2D eigenvalue weighted by Crippen LogP contribution is -2.43. The number of esters is 1. The monoisotopic (exact) mass is 254 g/mol. The van der Waals surface area contributed by atoms with Gasteiger partial charge in [-0.3, -0.25) is 4.79 Å². The van der Waals surface area contributed by atoms with Crippen LogP contribution in [0.2, 0.25) is 0 Å². The molecular formula is C7H14N2O6S. The van der Waals surface area contributed by atoms with Crippen LogP contribution in [0.4, 0.5) is 4.79 Å². The Balaban J connectivity index is 4.15. The quantitative estimate of drug-likeness (QED) is 0.617. The zero-order chi connectivity index (χ0) is 12.8. The van der Waals surface area contributed by atoms with E-state index >= 15 is 0 Å². The van der Waals surface area contributed by atoms with Crippen LogP contribution in [0, 0.1) is 0 Å². The van der Waals surface area contributed by atoms with E-state index in [1.54, 1.807) is 23.3 Å². The zero-order valence-corrected chi connectivity index (χ0v) is 9.96. The molecule has 0 fully saturated rings. The zero-order valence-electron chi connectivity index (χ0n) is 9.14. The average molecular weight is 254 g/mol. The van der Waals surface area contributed by atoms with E-state index in [0.717, 1.165) is 7.11 Å². The van der Waals surface area contributed by atoms with Crippen LogP contribution in [0.5, 0.6) is 0 Å².